The van der Waals surface area contributed by atoms with Crippen LogP contribution in [0.4, 0.5) is 0 Å². The van der Waals surface area contributed by atoms with Crippen molar-refractivity contribution in [2.45, 2.75) is 39.7 Å². The monoisotopic (exact) mass is 311 g/mol. The van der Waals surface area contributed by atoms with E-state index in [0.29, 0.717) is 5.92 Å². The number of rotatable bonds is 5. The van der Waals surface area contributed by atoms with Crippen LogP contribution in [0.25, 0.3) is 0 Å². The Labute approximate surface area is 130 Å². The first kappa shape index (κ1) is 16.4. The van der Waals surface area contributed by atoms with Crippen molar-refractivity contribution in [2.75, 3.05) is 32.8 Å². The van der Waals surface area contributed by atoms with Crippen LogP contribution in [0.15, 0.2) is 0 Å². The van der Waals surface area contributed by atoms with Crippen LogP contribution >= 0.6 is 11.3 Å². The number of carbonyl (C=O) groups is 1. The van der Waals surface area contributed by atoms with Crippen molar-refractivity contribution >= 4 is 17.2 Å². The topological polar surface area (TPSA) is 54.5 Å². The number of morpholine rings is 1. The van der Waals surface area contributed by atoms with Gasteiger partial charge in [0.1, 0.15) is 4.88 Å². The Morgan fingerprint density at radius 1 is 1.38 bits per heavy atom. The molecule has 0 aliphatic carbocycles. The van der Waals surface area contributed by atoms with Gasteiger partial charge < -0.3 is 10.1 Å². The van der Waals surface area contributed by atoms with E-state index >= 15 is 0 Å². The van der Waals surface area contributed by atoms with E-state index in [1.807, 2.05) is 13.8 Å². The highest BCUT2D eigenvalue weighted by Gasteiger charge is 2.20. The molecule has 0 spiro atoms. The molecule has 1 aliphatic heterocycles. The van der Waals surface area contributed by atoms with Gasteiger partial charge in [-0.3, -0.25) is 9.69 Å². The number of hydrogen-bond donors (Lipinski definition) is 1. The zero-order valence-electron chi connectivity index (χ0n) is 13.3. The SMILES string of the molecule is Cc1nc(C(C)C)sc1C(=O)N[C@H](C)CN1CCOCC1. The molecule has 0 aromatic carbocycles. The molecule has 1 aromatic rings. The number of thiazole rings is 1. The predicted molar refractivity (Wildman–Crippen MR) is 85.1 cm³/mol. The highest BCUT2D eigenvalue weighted by atomic mass is 32.1. The minimum atomic E-state index is -0.00217. The highest BCUT2D eigenvalue weighted by Crippen LogP contribution is 2.24. The third-order valence-electron chi connectivity index (χ3n) is 3.53. The van der Waals surface area contributed by atoms with Gasteiger partial charge in [-0.25, -0.2) is 4.98 Å². The molecule has 1 atom stereocenters. The lowest BCUT2D eigenvalue weighted by molar-refractivity contribution is 0.0342. The fourth-order valence-electron chi connectivity index (χ4n) is 2.38. The number of amides is 1. The van der Waals surface area contributed by atoms with Crippen LogP contribution < -0.4 is 5.32 Å². The molecular weight excluding hydrogens is 286 g/mol. The summed E-state index contributed by atoms with van der Waals surface area (Å²) in [6.07, 6.45) is 0. The summed E-state index contributed by atoms with van der Waals surface area (Å²) in [6.45, 7) is 12.5. The number of aryl methyl sites for hydroxylation is 1. The van der Waals surface area contributed by atoms with Crippen LogP contribution in [0, 0.1) is 6.92 Å². The number of carbonyl (C=O) groups excluding carboxylic acids is 1. The molecule has 2 heterocycles. The van der Waals surface area contributed by atoms with Crippen molar-refractivity contribution in [1.29, 1.82) is 0 Å². The molecular formula is C15H25N3O2S. The van der Waals surface area contributed by atoms with Crippen molar-refractivity contribution < 1.29 is 9.53 Å². The number of nitrogens with one attached hydrogen (secondary N) is 1. The molecule has 1 N–H and O–H groups in total. The first-order chi connectivity index (χ1) is 9.97. The largest absolute Gasteiger partial charge is 0.379 e. The summed E-state index contributed by atoms with van der Waals surface area (Å²) in [5, 5.41) is 4.11. The van der Waals surface area contributed by atoms with E-state index in [1.54, 1.807) is 0 Å². The molecule has 0 unspecified atom stereocenters. The minimum Gasteiger partial charge on any atom is -0.379 e. The summed E-state index contributed by atoms with van der Waals surface area (Å²) in [7, 11) is 0. The van der Waals surface area contributed by atoms with E-state index in [-0.39, 0.29) is 11.9 Å². The Morgan fingerprint density at radius 3 is 2.62 bits per heavy atom. The molecule has 6 heteroatoms. The van der Waals surface area contributed by atoms with Gasteiger partial charge >= 0.3 is 0 Å². The normalized spacial score (nSPS) is 18.0. The first-order valence-corrected chi connectivity index (χ1v) is 8.37. The molecule has 1 aromatic heterocycles. The Morgan fingerprint density at radius 2 is 2.05 bits per heavy atom. The van der Waals surface area contributed by atoms with Crippen LogP contribution in [0.1, 0.15) is 47.1 Å². The Bertz CT molecular complexity index is 481. The first-order valence-electron chi connectivity index (χ1n) is 7.55. The highest BCUT2D eigenvalue weighted by molar-refractivity contribution is 7.13. The fourth-order valence-corrected chi connectivity index (χ4v) is 3.35. The molecule has 118 valence electrons. The fraction of sp³-hybridized carbons (Fsp3) is 0.733. The summed E-state index contributed by atoms with van der Waals surface area (Å²) >= 11 is 1.51. The van der Waals surface area contributed by atoms with Crippen molar-refractivity contribution in [3.05, 3.63) is 15.6 Å². The van der Waals surface area contributed by atoms with Gasteiger partial charge in [-0.2, -0.15) is 0 Å². The third kappa shape index (κ3) is 4.49. The second-order valence-electron chi connectivity index (χ2n) is 5.91. The van der Waals surface area contributed by atoms with Crippen LogP contribution in [-0.2, 0) is 4.74 Å². The lowest BCUT2D eigenvalue weighted by atomic mass is 10.2. The molecule has 1 amide bonds. The van der Waals surface area contributed by atoms with Crippen LogP contribution in [0.5, 0.6) is 0 Å². The molecule has 1 aliphatic rings. The van der Waals surface area contributed by atoms with Gasteiger partial charge in [-0.05, 0) is 13.8 Å². The van der Waals surface area contributed by atoms with E-state index in [4.69, 9.17) is 4.74 Å². The van der Waals surface area contributed by atoms with Crippen molar-refractivity contribution in [1.82, 2.24) is 15.2 Å². The van der Waals surface area contributed by atoms with Gasteiger partial charge in [-0.15, -0.1) is 11.3 Å². The zero-order chi connectivity index (χ0) is 15.4. The summed E-state index contributed by atoms with van der Waals surface area (Å²) in [4.78, 5) is 19.9. The zero-order valence-corrected chi connectivity index (χ0v) is 14.1. The lowest BCUT2D eigenvalue weighted by Crippen LogP contribution is -2.46. The summed E-state index contributed by atoms with van der Waals surface area (Å²) < 4.78 is 5.34. The lowest BCUT2D eigenvalue weighted by Gasteiger charge is -2.29. The van der Waals surface area contributed by atoms with Gasteiger partial charge in [0, 0.05) is 31.6 Å². The van der Waals surface area contributed by atoms with Gasteiger partial charge in [-0.1, -0.05) is 13.8 Å². The molecule has 0 saturated carbocycles. The van der Waals surface area contributed by atoms with E-state index in [1.165, 1.54) is 11.3 Å². The van der Waals surface area contributed by atoms with E-state index in [0.717, 1.165) is 48.4 Å². The van der Waals surface area contributed by atoms with Gasteiger partial charge in [0.25, 0.3) is 5.91 Å². The molecule has 5 nitrogen and oxygen atoms in total. The molecule has 0 radical (unpaired) electrons. The van der Waals surface area contributed by atoms with E-state index in [2.05, 4.69) is 29.0 Å². The molecule has 21 heavy (non-hydrogen) atoms. The third-order valence-corrected chi connectivity index (χ3v) is 4.98. The minimum absolute atomic E-state index is 0.00217. The molecule has 1 saturated heterocycles. The van der Waals surface area contributed by atoms with Crippen LogP contribution in [-0.4, -0.2) is 54.7 Å². The maximum absolute atomic E-state index is 12.4. The maximum atomic E-state index is 12.4. The van der Waals surface area contributed by atoms with Gasteiger partial charge in [0.2, 0.25) is 0 Å². The summed E-state index contributed by atoms with van der Waals surface area (Å²) in [5.41, 5.74) is 0.833. The quantitative estimate of drug-likeness (QED) is 0.904. The average molecular weight is 311 g/mol. The summed E-state index contributed by atoms with van der Waals surface area (Å²) in [6, 6.07) is 0.125. The molecule has 0 bridgehead atoms. The van der Waals surface area contributed by atoms with Crippen molar-refractivity contribution in [2.24, 2.45) is 0 Å². The standard InChI is InChI=1S/C15H25N3O2S/c1-10(2)15-17-12(4)13(21-15)14(19)16-11(3)9-18-5-7-20-8-6-18/h10-11H,5-9H2,1-4H3,(H,16,19)/t11-/m1/s1. The van der Waals surface area contributed by atoms with E-state index in [9.17, 15) is 4.79 Å². The van der Waals surface area contributed by atoms with Crippen molar-refractivity contribution in [3.8, 4) is 0 Å². The number of aromatic nitrogens is 1. The predicted octanol–water partition coefficient (Wildman–Crippen LogP) is 2.03. The molecule has 1 fully saturated rings. The van der Waals surface area contributed by atoms with Gasteiger partial charge in [0.15, 0.2) is 0 Å². The second kappa shape index (κ2) is 7.33. The Kier molecular flexibility index (Phi) is 5.72. The summed E-state index contributed by atoms with van der Waals surface area (Å²) in [5.74, 6) is 0.360. The molecule has 2 rings (SSSR count). The van der Waals surface area contributed by atoms with Crippen LogP contribution in [0.3, 0.4) is 0 Å². The maximum Gasteiger partial charge on any atom is 0.263 e. The number of ether oxygens (including phenoxy) is 1. The van der Waals surface area contributed by atoms with E-state index < -0.39 is 0 Å². The number of nitrogens with zero attached hydrogens (tertiary/aromatic N) is 2. The second-order valence-corrected chi connectivity index (χ2v) is 6.94. The van der Waals surface area contributed by atoms with Gasteiger partial charge in [0.05, 0.1) is 23.9 Å². The van der Waals surface area contributed by atoms with Crippen molar-refractivity contribution in [3.63, 3.8) is 0 Å². The smallest absolute Gasteiger partial charge is 0.263 e. The Hall–Kier alpha value is -0.980. The average Bonchev–Trinajstić information content (AvgIpc) is 2.82. The van der Waals surface area contributed by atoms with Crippen LogP contribution in [0.2, 0.25) is 0 Å². The number of hydrogen-bond acceptors (Lipinski definition) is 5. The Balaban J connectivity index is 1.91.